The predicted octanol–water partition coefficient (Wildman–Crippen LogP) is 1.16. The Hall–Kier alpha value is -1.62. The highest BCUT2D eigenvalue weighted by molar-refractivity contribution is 5.92. The summed E-state index contributed by atoms with van der Waals surface area (Å²) in [5.41, 5.74) is 1.54. The van der Waals surface area contributed by atoms with E-state index >= 15 is 0 Å². The molecule has 0 aliphatic heterocycles. The molecule has 1 aromatic rings. The van der Waals surface area contributed by atoms with Crippen LogP contribution in [0.5, 0.6) is 0 Å². The molecule has 0 unspecified atom stereocenters. The summed E-state index contributed by atoms with van der Waals surface area (Å²) in [5.74, 6) is -0.154. The molecule has 2 rings (SSSR count). The van der Waals surface area contributed by atoms with Gasteiger partial charge in [-0.15, -0.1) is 0 Å². The van der Waals surface area contributed by atoms with Crippen LogP contribution in [0.15, 0.2) is 12.3 Å². The van der Waals surface area contributed by atoms with Gasteiger partial charge in [-0.3, -0.25) is 9.48 Å². The van der Waals surface area contributed by atoms with E-state index in [4.69, 9.17) is 0 Å². The van der Waals surface area contributed by atoms with Gasteiger partial charge < -0.3 is 10.4 Å². The Morgan fingerprint density at radius 3 is 2.79 bits per heavy atom. The average Bonchev–Trinajstić information content (AvgIpc) is 2.98. The Morgan fingerprint density at radius 2 is 2.26 bits per heavy atom. The second-order valence-corrected chi connectivity index (χ2v) is 5.28. The quantitative estimate of drug-likeness (QED) is 0.801. The minimum Gasteiger partial charge on any atom is -0.394 e. The van der Waals surface area contributed by atoms with E-state index in [-0.39, 0.29) is 12.5 Å². The number of hydrogen-bond donors (Lipinski definition) is 2. The number of aliphatic hydroxyl groups is 1. The van der Waals surface area contributed by atoms with Crippen LogP contribution >= 0.6 is 0 Å². The van der Waals surface area contributed by atoms with Gasteiger partial charge in [0.15, 0.2) is 0 Å². The summed E-state index contributed by atoms with van der Waals surface area (Å²) in [7, 11) is 1.87. The standard InChI is InChI=1S/C14H21N3O2/c1-11-12(9-15-17(11)2)5-6-13(19)16-14(10-18)7-3-4-8-14/h5-6,9,18H,3-4,7-8,10H2,1-2H3,(H,16,19)/b6-5+. The maximum absolute atomic E-state index is 11.9. The largest absolute Gasteiger partial charge is 0.394 e. The first kappa shape index (κ1) is 13.8. The van der Waals surface area contributed by atoms with Crippen LogP contribution in [0.25, 0.3) is 6.08 Å². The van der Waals surface area contributed by atoms with Gasteiger partial charge in [0, 0.05) is 24.4 Å². The summed E-state index contributed by atoms with van der Waals surface area (Å²) < 4.78 is 1.77. The Kier molecular flexibility index (Phi) is 4.04. The first-order valence-electron chi connectivity index (χ1n) is 6.66. The number of amides is 1. The van der Waals surface area contributed by atoms with Crippen LogP contribution in [0, 0.1) is 6.92 Å². The van der Waals surface area contributed by atoms with Crippen LogP contribution in [0.1, 0.15) is 36.9 Å². The molecule has 0 atom stereocenters. The van der Waals surface area contributed by atoms with Crippen molar-refractivity contribution in [2.75, 3.05) is 6.61 Å². The van der Waals surface area contributed by atoms with Crippen molar-refractivity contribution in [1.82, 2.24) is 15.1 Å². The lowest BCUT2D eigenvalue weighted by Crippen LogP contribution is -2.48. The average molecular weight is 263 g/mol. The van der Waals surface area contributed by atoms with Crippen molar-refractivity contribution in [3.05, 3.63) is 23.5 Å². The van der Waals surface area contributed by atoms with Crippen LogP contribution in [0.2, 0.25) is 0 Å². The van der Waals surface area contributed by atoms with Crippen LogP contribution in [0.3, 0.4) is 0 Å². The van der Waals surface area contributed by atoms with E-state index < -0.39 is 5.54 Å². The van der Waals surface area contributed by atoms with Crippen LogP contribution in [-0.4, -0.2) is 32.9 Å². The van der Waals surface area contributed by atoms with E-state index in [9.17, 15) is 9.90 Å². The van der Waals surface area contributed by atoms with E-state index in [1.165, 1.54) is 6.08 Å². The lowest BCUT2D eigenvalue weighted by Gasteiger charge is -2.27. The molecule has 1 aliphatic rings. The van der Waals surface area contributed by atoms with Gasteiger partial charge in [-0.25, -0.2) is 0 Å². The molecule has 1 aromatic heterocycles. The number of nitrogens with zero attached hydrogens (tertiary/aromatic N) is 2. The summed E-state index contributed by atoms with van der Waals surface area (Å²) in [6.45, 7) is 1.97. The zero-order valence-electron chi connectivity index (χ0n) is 11.5. The zero-order chi connectivity index (χ0) is 13.9. The zero-order valence-corrected chi connectivity index (χ0v) is 11.5. The number of rotatable bonds is 4. The number of nitrogens with one attached hydrogen (secondary N) is 1. The van der Waals surface area contributed by atoms with E-state index in [1.807, 2.05) is 14.0 Å². The molecule has 0 radical (unpaired) electrons. The number of carbonyl (C=O) groups excluding carboxylic acids is 1. The molecule has 19 heavy (non-hydrogen) atoms. The molecule has 5 nitrogen and oxygen atoms in total. The summed E-state index contributed by atoms with van der Waals surface area (Å²) >= 11 is 0. The van der Waals surface area contributed by atoms with Gasteiger partial charge in [-0.05, 0) is 25.8 Å². The third kappa shape index (κ3) is 3.04. The number of aliphatic hydroxyl groups excluding tert-OH is 1. The van der Waals surface area contributed by atoms with Gasteiger partial charge in [-0.1, -0.05) is 12.8 Å². The molecule has 5 heteroatoms. The predicted molar refractivity (Wildman–Crippen MR) is 73.4 cm³/mol. The van der Waals surface area contributed by atoms with Crippen molar-refractivity contribution in [2.24, 2.45) is 7.05 Å². The van der Waals surface area contributed by atoms with Crippen LogP contribution in [-0.2, 0) is 11.8 Å². The van der Waals surface area contributed by atoms with Gasteiger partial charge in [0.2, 0.25) is 5.91 Å². The van der Waals surface area contributed by atoms with Gasteiger partial charge in [0.1, 0.15) is 0 Å². The van der Waals surface area contributed by atoms with E-state index in [0.29, 0.717) is 0 Å². The molecular weight excluding hydrogens is 242 g/mol. The fourth-order valence-corrected chi connectivity index (χ4v) is 2.52. The minimum absolute atomic E-state index is 0.0124. The maximum atomic E-state index is 11.9. The van der Waals surface area contributed by atoms with Crippen LogP contribution < -0.4 is 5.32 Å². The van der Waals surface area contributed by atoms with E-state index in [2.05, 4.69) is 10.4 Å². The third-order valence-corrected chi connectivity index (χ3v) is 3.94. The molecule has 0 bridgehead atoms. The molecule has 0 spiro atoms. The SMILES string of the molecule is Cc1c(/C=C/C(=O)NC2(CO)CCCC2)cnn1C. The van der Waals surface area contributed by atoms with Crippen molar-refractivity contribution in [3.63, 3.8) is 0 Å². The van der Waals surface area contributed by atoms with Crippen LogP contribution in [0.4, 0.5) is 0 Å². The molecule has 0 saturated heterocycles. The topological polar surface area (TPSA) is 67.2 Å². The number of carbonyl (C=O) groups is 1. The molecule has 1 heterocycles. The van der Waals surface area contributed by atoms with Crippen molar-refractivity contribution in [3.8, 4) is 0 Å². The lowest BCUT2D eigenvalue weighted by molar-refractivity contribution is -0.118. The van der Waals surface area contributed by atoms with Crippen molar-refractivity contribution < 1.29 is 9.90 Å². The smallest absolute Gasteiger partial charge is 0.244 e. The first-order valence-corrected chi connectivity index (χ1v) is 6.66. The molecule has 1 aliphatic carbocycles. The molecule has 1 saturated carbocycles. The van der Waals surface area contributed by atoms with Gasteiger partial charge >= 0.3 is 0 Å². The Bertz CT molecular complexity index is 485. The van der Waals surface area contributed by atoms with Gasteiger partial charge in [0.05, 0.1) is 18.3 Å². The van der Waals surface area contributed by atoms with E-state index in [0.717, 1.165) is 36.9 Å². The molecule has 2 N–H and O–H groups in total. The van der Waals surface area contributed by atoms with E-state index in [1.54, 1.807) is 17.0 Å². The Balaban J connectivity index is 1.99. The summed E-state index contributed by atoms with van der Waals surface area (Å²) in [6.07, 6.45) is 8.84. The fourth-order valence-electron chi connectivity index (χ4n) is 2.52. The summed E-state index contributed by atoms with van der Waals surface area (Å²) in [4.78, 5) is 11.9. The van der Waals surface area contributed by atoms with Crippen molar-refractivity contribution in [1.29, 1.82) is 0 Å². The highest BCUT2D eigenvalue weighted by atomic mass is 16.3. The minimum atomic E-state index is -0.411. The highest BCUT2D eigenvalue weighted by Gasteiger charge is 2.33. The second-order valence-electron chi connectivity index (χ2n) is 5.28. The summed E-state index contributed by atoms with van der Waals surface area (Å²) in [6, 6.07) is 0. The van der Waals surface area contributed by atoms with Gasteiger partial charge in [0.25, 0.3) is 0 Å². The number of hydrogen-bond acceptors (Lipinski definition) is 3. The summed E-state index contributed by atoms with van der Waals surface area (Å²) in [5, 5.41) is 16.5. The molecule has 1 amide bonds. The third-order valence-electron chi connectivity index (χ3n) is 3.94. The molecular formula is C14H21N3O2. The highest BCUT2D eigenvalue weighted by Crippen LogP contribution is 2.29. The first-order chi connectivity index (χ1) is 9.06. The Labute approximate surface area is 113 Å². The normalized spacial score (nSPS) is 18.1. The number of aromatic nitrogens is 2. The molecule has 104 valence electrons. The number of aryl methyl sites for hydroxylation is 1. The maximum Gasteiger partial charge on any atom is 0.244 e. The molecule has 1 fully saturated rings. The molecule has 0 aromatic carbocycles. The van der Waals surface area contributed by atoms with Gasteiger partial charge in [-0.2, -0.15) is 5.10 Å². The van der Waals surface area contributed by atoms with Crippen molar-refractivity contribution in [2.45, 2.75) is 38.1 Å². The Morgan fingerprint density at radius 1 is 1.58 bits per heavy atom. The lowest BCUT2D eigenvalue weighted by atomic mass is 9.99. The monoisotopic (exact) mass is 263 g/mol. The second kappa shape index (κ2) is 5.57. The van der Waals surface area contributed by atoms with Crippen molar-refractivity contribution >= 4 is 12.0 Å². The fraction of sp³-hybridized carbons (Fsp3) is 0.571.